The van der Waals surface area contributed by atoms with E-state index in [9.17, 15) is 13.2 Å². The molecule has 140 valence electrons. The van der Waals surface area contributed by atoms with Gasteiger partial charge < -0.3 is 16.4 Å². The van der Waals surface area contributed by atoms with Crippen LogP contribution in [0.5, 0.6) is 0 Å². The van der Waals surface area contributed by atoms with Gasteiger partial charge >= 0.3 is 0 Å². The molecule has 0 bridgehead atoms. The second-order valence-corrected chi connectivity index (χ2v) is 9.01. The summed E-state index contributed by atoms with van der Waals surface area (Å²) in [7, 11) is -2.29. The van der Waals surface area contributed by atoms with Gasteiger partial charge in [0, 0.05) is 13.1 Å². The lowest BCUT2D eigenvalue weighted by Gasteiger charge is -2.39. The number of nitrogens with one attached hydrogen (secondary N) is 1. The van der Waals surface area contributed by atoms with E-state index in [-0.39, 0.29) is 11.9 Å². The molecule has 1 aromatic rings. The number of benzene rings is 1. The minimum Gasteiger partial charge on any atom is -0.397 e. The number of hydrogen-bond acceptors (Lipinski definition) is 5. The molecule has 0 aromatic heterocycles. The Bertz CT molecular complexity index is 740. The Morgan fingerprint density at radius 1 is 1.16 bits per heavy atom. The van der Waals surface area contributed by atoms with Crippen LogP contribution in [0.15, 0.2) is 18.2 Å². The van der Waals surface area contributed by atoms with Gasteiger partial charge in [-0.1, -0.05) is 19.3 Å². The van der Waals surface area contributed by atoms with E-state index in [4.69, 9.17) is 11.5 Å². The van der Waals surface area contributed by atoms with E-state index in [0.717, 1.165) is 6.42 Å². The molecule has 1 amide bonds. The van der Waals surface area contributed by atoms with E-state index >= 15 is 0 Å². The molecule has 2 rings (SSSR count). The highest BCUT2D eigenvalue weighted by atomic mass is 32.2. The van der Waals surface area contributed by atoms with Crippen LogP contribution in [0.3, 0.4) is 0 Å². The topological polar surface area (TPSA) is 119 Å². The molecule has 1 saturated carbocycles. The van der Waals surface area contributed by atoms with E-state index in [0.29, 0.717) is 42.7 Å². The minimum atomic E-state index is -3.94. The molecule has 0 spiro atoms. The zero-order valence-corrected chi connectivity index (χ0v) is 15.9. The molecule has 7 nitrogen and oxygen atoms in total. The first-order chi connectivity index (χ1) is 11.6. The predicted octanol–water partition coefficient (Wildman–Crippen LogP) is 2.16. The maximum absolute atomic E-state index is 13.2. The summed E-state index contributed by atoms with van der Waals surface area (Å²) in [6.07, 6.45) is 3.00. The number of carbonyl (C=O) groups excluding carboxylic acids is 1. The van der Waals surface area contributed by atoms with Crippen LogP contribution in [0, 0.1) is 0 Å². The van der Waals surface area contributed by atoms with Crippen LogP contribution >= 0.6 is 0 Å². The number of nitrogens with two attached hydrogens (primary N) is 2. The van der Waals surface area contributed by atoms with Gasteiger partial charge in [-0.05, 0) is 44.9 Å². The molecule has 0 saturated heterocycles. The Kier molecular flexibility index (Phi) is 5.51. The third-order valence-corrected chi connectivity index (χ3v) is 7.12. The maximum atomic E-state index is 13.2. The van der Waals surface area contributed by atoms with Gasteiger partial charge in [0.2, 0.25) is 15.9 Å². The van der Waals surface area contributed by atoms with Gasteiger partial charge in [0.15, 0.2) is 4.75 Å². The summed E-state index contributed by atoms with van der Waals surface area (Å²) < 4.78 is 27.5. The largest absolute Gasteiger partial charge is 0.397 e. The number of hydrogen-bond donors (Lipinski definition) is 3. The Labute approximate surface area is 149 Å². The number of nitrogen functional groups attached to an aromatic ring is 2. The zero-order valence-electron chi connectivity index (χ0n) is 15.1. The van der Waals surface area contributed by atoms with E-state index in [1.165, 1.54) is 11.0 Å². The van der Waals surface area contributed by atoms with Crippen molar-refractivity contribution in [3.05, 3.63) is 18.2 Å². The van der Waals surface area contributed by atoms with Crippen molar-refractivity contribution in [2.24, 2.45) is 0 Å². The highest BCUT2D eigenvalue weighted by Gasteiger charge is 2.52. The quantitative estimate of drug-likeness (QED) is 0.688. The van der Waals surface area contributed by atoms with Crippen LogP contribution in [0.2, 0.25) is 0 Å². The molecular weight excluding hydrogens is 340 g/mol. The Morgan fingerprint density at radius 3 is 2.28 bits per heavy atom. The van der Waals surface area contributed by atoms with Crippen molar-refractivity contribution in [1.29, 1.82) is 0 Å². The van der Waals surface area contributed by atoms with E-state index < -0.39 is 14.8 Å². The van der Waals surface area contributed by atoms with Crippen LogP contribution in [-0.4, -0.2) is 37.1 Å². The van der Waals surface area contributed by atoms with Gasteiger partial charge in [-0.25, -0.2) is 8.42 Å². The average molecular weight is 369 g/mol. The first-order valence-corrected chi connectivity index (χ1v) is 10.0. The third-order valence-electron chi connectivity index (χ3n) is 5.00. The van der Waals surface area contributed by atoms with Crippen LogP contribution in [0.1, 0.15) is 46.0 Å². The van der Waals surface area contributed by atoms with Crippen molar-refractivity contribution in [1.82, 2.24) is 4.90 Å². The van der Waals surface area contributed by atoms with Gasteiger partial charge in [0.1, 0.15) is 0 Å². The van der Waals surface area contributed by atoms with Gasteiger partial charge in [-0.2, -0.15) is 0 Å². The summed E-state index contributed by atoms with van der Waals surface area (Å²) in [6.45, 7) is 3.74. The summed E-state index contributed by atoms with van der Waals surface area (Å²) in [5, 5.41) is 0. The molecule has 0 aliphatic heterocycles. The van der Waals surface area contributed by atoms with E-state index in [2.05, 4.69) is 4.72 Å². The van der Waals surface area contributed by atoms with Gasteiger partial charge in [0.25, 0.3) is 0 Å². The highest BCUT2D eigenvalue weighted by molar-refractivity contribution is 7.94. The number of nitrogens with zero attached hydrogens (tertiary/aromatic N) is 1. The fourth-order valence-corrected chi connectivity index (χ4v) is 5.00. The first kappa shape index (κ1) is 19.4. The molecule has 0 radical (unpaired) electrons. The van der Waals surface area contributed by atoms with E-state index in [1.54, 1.807) is 19.2 Å². The number of amides is 1. The number of anilines is 3. The number of rotatable bonds is 5. The average Bonchev–Trinajstić information content (AvgIpc) is 2.57. The van der Waals surface area contributed by atoms with Crippen molar-refractivity contribution in [3.63, 3.8) is 0 Å². The van der Waals surface area contributed by atoms with E-state index in [1.807, 2.05) is 13.8 Å². The lowest BCUT2D eigenvalue weighted by Crippen LogP contribution is -2.57. The summed E-state index contributed by atoms with van der Waals surface area (Å²) in [4.78, 5) is 14.6. The lowest BCUT2D eigenvalue weighted by molar-refractivity contribution is -0.135. The Balaban J connectivity index is 2.41. The Morgan fingerprint density at radius 2 is 1.76 bits per heavy atom. The van der Waals surface area contributed by atoms with Crippen LogP contribution in [0.25, 0.3) is 0 Å². The zero-order chi connectivity index (χ0) is 18.8. The normalized spacial score (nSPS) is 17.3. The smallest absolute Gasteiger partial charge is 0.247 e. The first-order valence-electron chi connectivity index (χ1n) is 8.55. The van der Waals surface area contributed by atoms with Crippen LogP contribution in [0.4, 0.5) is 17.1 Å². The Hall–Kier alpha value is -1.96. The predicted molar refractivity (Wildman–Crippen MR) is 102 cm³/mol. The molecule has 5 N–H and O–H groups in total. The van der Waals surface area contributed by atoms with Crippen molar-refractivity contribution >= 4 is 33.0 Å². The molecule has 1 aliphatic rings. The molecule has 0 heterocycles. The molecular formula is C17H28N4O3S. The molecule has 0 unspecified atom stereocenters. The summed E-state index contributed by atoms with van der Waals surface area (Å²) in [5.41, 5.74) is 12.4. The van der Waals surface area contributed by atoms with Gasteiger partial charge in [-0.15, -0.1) is 0 Å². The number of carbonyl (C=O) groups is 1. The maximum Gasteiger partial charge on any atom is 0.247 e. The third kappa shape index (κ3) is 3.68. The molecule has 1 fully saturated rings. The molecule has 1 aromatic carbocycles. The number of sulfonamides is 1. The van der Waals surface area contributed by atoms with Crippen LogP contribution in [-0.2, 0) is 14.8 Å². The fraction of sp³-hybridized carbons (Fsp3) is 0.588. The minimum absolute atomic E-state index is 0.0753. The molecule has 1 aliphatic carbocycles. The molecule has 0 atom stereocenters. The lowest BCUT2D eigenvalue weighted by atomic mass is 9.87. The highest BCUT2D eigenvalue weighted by Crippen LogP contribution is 2.38. The van der Waals surface area contributed by atoms with Gasteiger partial charge in [0.05, 0.1) is 17.1 Å². The van der Waals surface area contributed by atoms with Crippen molar-refractivity contribution < 1.29 is 13.2 Å². The van der Waals surface area contributed by atoms with Crippen molar-refractivity contribution in [2.75, 3.05) is 23.2 Å². The monoisotopic (exact) mass is 368 g/mol. The van der Waals surface area contributed by atoms with Crippen molar-refractivity contribution in [3.8, 4) is 0 Å². The molecule has 25 heavy (non-hydrogen) atoms. The van der Waals surface area contributed by atoms with Crippen LogP contribution < -0.4 is 16.2 Å². The molecule has 8 heteroatoms. The second kappa shape index (κ2) is 7.11. The van der Waals surface area contributed by atoms with Gasteiger partial charge in [-0.3, -0.25) is 9.52 Å². The summed E-state index contributed by atoms with van der Waals surface area (Å²) in [5.74, 6) is -0.349. The second-order valence-electron chi connectivity index (χ2n) is 7.01. The summed E-state index contributed by atoms with van der Waals surface area (Å²) >= 11 is 0. The standard InChI is InChI=1S/C17H28N4O3S/c1-12(2)21(3)16(22)17(9-5-4-6-10-17)25(23,24)20-13-7-8-14(18)15(19)11-13/h7-8,11-12,20H,4-6,9-10,18-19H2,1-3H3. The summed E-state index contributed by atoms with van der Waals surface area (Å²) in [6, 6.07) is 4.49. The fourth-order valence-electron chi connectivity index (χ4n) is 3.17. The SMILES string of the molecule is CC(C)N(C)C(=O)C1(S(=O)(=O)Nc2ccc(N)c(N)c2)CCCCC1. The van der Waals surface area contributed by atoms with Crippen molar-refractivity contribution in [2.45, 2.75) is 56.7 Å².